The molecule has 8 heteroatoms. The first kappa shape index (κ1) is 19.5. The fraction of sp³-hybridized carbons (Fsp3) is 0.500. The van der Waals surface area contributed by atoms with Crippen molar-refractivity contribution in [3.05, 3.63) is 29.1 Å². The molecule has 0 saturated carbocycles. The van der Waals surface area contributed by atoms with Crippen LogP contribution in [0.4, 0.5) is 14.9 Å². The average molecular weight is 363 g/mol. The molecule has 1 amide bonds. The zero-order valence-electron chi connectivity index (χ0n) is 15.3. The van der Waals surface area contributed by atoms with Crippen molar-refractivity contribution in [1.29, 1.82) is 5.26 Å². The molecule has 0 unspecified atom stereocenters. The Hall–Kier alpha value is -2.82. The minimum absolute atomic E-state index is 0.0443. The van der Waals surface area contributed by atoms with Crippen LogP contribution in [0.2, 0.25) is 0 Å². The van der Waals surface area contributed by atoms with Crippen LogP contribution < -0.4 is 4.90 Å². The summed E-state index contributed by atoms with van der Waals surface area (Å²) in [5, 5.41) is 9.23. The molecule has 1 fully saturated rings. The maximum Gasteiger partial charge on any atom is 0.410 e. The van der Waals surface area contributed by atoms with Crippen molar-refractivity contribution in [2.45, 2.75) is 26.4 Å². The van der Waals surface area contributed by atoms with Gasteiger partial charge in [-0.25, -0.2) is 14.0 Å². The quantitative estimate of drug-likeness (QED) is 0.751. The van der Waals surface area contributed by atoms with E-state index in [-0.39, 0.29) is 16.8 Å². The Morgan fingerprint density at radius 3 is 2.31 bits per heavy atom. The summed E-state index contributed by atoms with van der Waals surface area (Å²) in [5.41, 5.74) is -0.421. The van der Waals surface area contributed by atoms with Crippen LogP contribution in [-0.4, -0.2) is 55.9 Å². The Balaban J connectivity index is 2.13. The van der Waals surface area contributed by atoms with Crippen LogP contribution in [0.5, 0.6) is 0 Å². The lowest BCUT2D eigenvalue weighted by Crippen LogP contribution is -2.50. The molecule has 0 atom stereocenters. The topological polar surface area (TPSA) is 82.9 Å². The Morgan fingerprint density at radius 2 is 1.81 bits per heavy atom. The number of piperazine rings is 1. The van der Waals surface area contributed by atoms with E-state index in [2.05, 4.69) is 4.74 Å². The lowest BCUT2D eigenvalue weighted by Gasteiger charge is -2.37. The number of amides is 1. The second-order valence-corrected chi connectivity index (χ2v) is 6.91. The number of hydrogen-bond donors (Lipinski definition) is 0. The minimum Gasteiger partial charge on any atom is -0.465 e. The number of benzene rings is 1. The molecule has 0 radical (unpaired) electrons. The molecular weight excluding hydrogens is 341 g/mol. The number of nitrogens with zero attached hydrogens (tertiary/aromatic N) is 3. The number of esters is 1. The maximum absolute atomic E-state index is 14.5. The Kier molecular flexibility index (Phi) is 5.70. The summed E-state index contributed by atoms with van der Waals surface area (Å²) in [6, 6.07) is 4.24. The molecule has 1 heterocycles. The highest BCUT2D eigenvalue weighted by molar-refractivity contribution is 5.92. The molecule has 1 aliphatic heterocycles. The summed E-state index contributed by atoms with van der Waals surface area (Å²) in [6.45, 7) is 6.90. The standard InChI is InChI=1S/C18H22FN3O4/c1-18(2,3)26-17(24)22-7-5-21(6-8-22)15-9-12(11-20)13(10-14(15)19)16(23)25-4/h9-10H,5-8H2,1-4H3. The summed E-state index contributed by atoms with van der Waals surface area (Å²) in [5.74, 6) is -1.38. The largest absolute Gasteiger partial charge is 0.465 e. The van der Waals surface area contributed by atoms with Gasteiger partial charge in [-0.2, -0.15) is 5.26 Å². The van der Waals surface area contributed by atoms with Crippen molar-refractivity contribution < 1.29 is 23.5 Å². The summed E-state index contributed by atoms with van der Waals surface area (Å²) < 4.78 is 24.4. The van der Waals surface area contributed by atoms with Gasteiger partial charge in [-0.3, -0.25) is 0 Å². The molecule has 1 aromatic rings. The fourth-order valence-electron chi connectivity index (χ4n) is 2.63. The maximum atomic E-state index is 14.5. The molecule has 1 aromatic carbocycles. The number of anilines is 1. The van der Waals surface area contributed by atoms with E-state index in [4.69, 9.17) is 4.74 Å². The van der Waals surface area contributed by atoms with Gasteiger partial charge in [0.1, 0.15) is 17.5 Å². The van der Waals surface area contributed by atoms with Gasteiger partial charge in [-0.15, -0.1) is 0 Å². The molecule has 0 aliphatic carbocycles. The highest BCUT2D eigenvalue weighted by Gasteiger charge is 2.27. The van der Waals surface area contributed by atoms with Gasteiger partial charge in [0.2, 0.25) is 0 Å². The Morgan fingerprint density at radius 1 is 1.19 bits per heavy atom. The van der Waals surface area contributed by atoms with Crippen LogP contribution in [0.25, 0.3) is 0 Å². The van der Waals surface area contributed by atoms with Crippen LogP contribution in [0.1, 0.15) is 36.7 Å². The SMILES string of the molecule is COC(=O)c1cc(F)c(N2CCN(C(=O)OC(C)(C)C)CC2)cc1C#N. The van der Waals surface area contributed by atoms with Crippen molar-refractivity contribution in [2.24, 2.45) is 0 Å². The first-order valence-corrected chi connectivity index (χ1v) is 8.21. The number of carbonyl (C=O) groups excluding carboxylic acids is 2. The molecule has 0 spiro atoms. The van der Waals surface area contributed by atoms with Gasteiger partial charge < -0.3 is 19.3 Å². The van der Waals surface area contributed by atoms with Crippen molar-refractivity contribution >= 4 is 17.7 Å². The predicted octanol–water partition coefficient (Wildman–Crippen LogP) is 2.54. The Bertz CT molecular complexity index is 744. The van der Waals surface area contributed by atoms with E-state index in [1.807, 2.05) is 6.07 Å². The molecule has 0 aromatic heterocycles. The zero-order valence-corrected chi connectivity index (χ0v) is 15.3. The lowest BCUT2D eigenvalue weighted by molar-refractivity contribution is 0.0240. The highest BCUT2D eigenvalue weighted by atomic mass is 19.1. The summed E-state index contributed by atoms with van der Waals surface area (Å²) in [6.07, 6.45) is -0.406. The number of halogens is 1. The third-order valence-electron chi connectivity index (χ3n) is 3.88. The first-order chi connectivity index (χ1) is 12.2. The van der Waals surface area contributed by atoms with E-state index in [1.165, 1.54) is 13.2 Å². The average Bonchev–Trinajstić information content (AvgIpc) is 2.59. The first-order valence-electron chi connectivity index (χ1n) is 8.21. The van der Waals surface area contributed by atoms with E-state index in [0.29, 0.717) is 26.2 Å². The van der Waals surface area contributed by atoms with Gasteiger partial charge in [0, 0.05) is 26.2 Å². The minimum atomic E-state index is -0.762. The zero-order chi connectivity index (χ0) is 19.5. The predicted molar refractivity (Wildman–Crippen MR) is 92.5 cm³/mol. The number of hydrogen-bond acceptors (Lipinski definition) is 6. The summed E-state index contributed by atoms with van der Waals surface area (Å²) >= 11 is 0. The second-order valence-electron chi connectivity index (χ2n) is 6.91. The molecular formula is C18H22FN3O4. The second kappa shape index (κ2) is 7.60. The molecule has 26 heavy (non-hydrogen) atoms. The molecule has 0 N–H and O–H groups in total. The van der Waals surface area contributed by atoms with Crippen LogP contribution in [0.15, 0.2) is 12.1 Å². The number of rotatable bonds is 2. The number of methoxy groups -OCH3 is 1. The van der Waals surface area contributed by atoms with Gasteiger partial charge in [0.15, 0.2) is 0 Å². The summed E-state index contributed by atoms with van der Waals surface area (Å²) in [4.78, 5) is 27.0. The monoisotopic (exact) mass is 363 g/mol. The number of ether oxygens (including phenoxy) is 2. The van der Waals surface area contributed by atoms with Crippen LogP contribution in [0, 0.1) is 17.1 Å². The van der Waals surface area contributed by atoms with Crippen LogP contribution in [-0.2, 0) is 9.47 Å². The smallest absolute Gasteiger partial charge is 0.410 e. The molecule has 2 rings (SSSR count). The molecule has 0 bridgehead atoms. The van der Waals surface area contributed by atoms with Crippen molar-refractivity contribution in [2.75, 3.05) is 38.2 Å². The van der Waals surface area contributed by atoms with Gasteiger partial charge in [-0.1, -0.05) is 0 Å². The molecule has 7 nitrogen and oxygen atoms in total. The van der Waals surface area contributed by atoms with E-state index < -0.39 is 23.5 Å². The van der Waals surface area contributed by atoms with E-state index in [0.717, 1.165) is 6.07 Å². The van der Waals surface area contributed by atoms with E-state index in [1.54, 1.807) is 30.6 Å². The highest BCUT2D eigenvalue weighted by Crippen LogP contribution is 2.26. The summed E-state index contributed by atoms with van der Waals surface area (Å²) in [7, 11) is 1.17. The number of nitriles is 1. The molecule has 1 aliphatic rings. The van der Waals surface area contributed by atoms with Gasteiger partial charge in [0.25, 0.3) is 0 Å². The fourth-order valence-corrected chi connectivity index (χ4v) is 2.63. The lowest BCUT2D eigenvalue weighted by atomic mass is 10.1. The van der Waals surface area contributed by atoms with Crippen molar-refractivity contribution in [3.63, 3.8) is 0 Å². The normalized spacial score (nSPS) is 14.6. The van der Waals surface area contributed by atoms with Crippen LogP contribution in [0.3, 0.4) is 0 Å². The third-order valence-corrected chi connectivity index (χ3v) is 3.88. The van der Waals surface area contributed by atoms with Gasteiger partial charge in [-0.05, 0) is 32.9 Å². The third kappa shape index (κ3) is 4.42. The van der Waals surface area contributed by atoms with Gasteiger partial charge >= 0.3 is 12.1 Å². The molecule has 140 valence electrons. The Labute approximate surface area is 151 Å². The molecule has 1 saturated heterocycles. The van der Waals surface area contributed by atoms with Crippen LogP contribution >= 0.6 is 0 Å². The number of carbonyl (C=O) groups is 2. The van der Waals surface area contributed by atoms with E-state index in [9.17, 15) is 19.2 Å². The van der Waals surface area contributed by atoms with E-state index >= 15 is 0 Å². The van der Waals surface area contributed by atoms with Crippen molar-refractivity contribution in [3.8, 4) is 6.07 Å². The van der Waals surface area contributed by atoms with Gasteiger partial charge in [0.05, 0.1) is 23.9 Å². The van der Waals surface area contributed by atoms with Crippen molar-refractivity contribution in [1.82, 2.24) is 4.90 Å².